The van der Waals surface area contributed by atoms with E-state index < -0.39 is 0 Å². The van der Waals surface area contributed by atoms with Gasteiger partial charge in [0.05, 0.1) is 0 Å². The highest BCUT2D eigenvalue weighted by atomic mass is 35.5. The van der Waals surface area contributed by atoms with Gasteiger partial charge in [0.25, 0.3) is 0 Å². The van der Waals surface area contributed by atoms with Crippen LogP contribution in [0.3, 0.4) is 0 Å². The number of nitrogens with one attached hydrogen (secondary N) is 1. The van der Waals surface area contributed by atoms with Crippen molar-refractivity contribution in [3.8, 4) is 0 Å². The molecule has 0 bridgehead atoms. The van der Waals surface area contributed by atoms with E-state index in [4.69, 9.17) is 11.6 Å². The maximum atomic E-state index is 6.10. The largest absolute Gasteiger partial charge is 0.354 e. The van der Waals surface area contributed by atoms with E-state index >= 15 is 0 Å². The molecular weight excluding hydrogens is 206 g/mol. The summed E-state index contributed by atoms with van der Waals surface area (Å²) < 4.78 is 0. The maximum absolute atomic E-state index is 6.10. The minimum Gasteiger partial charge on any atom is -0.354 e. The Kier molecular flexibility index (Phi) is 1.77. The molecule has 0 aliphatic rings. The van der Waals surface area contributed by atoms with E-state index in [9.17, 15) is 0 Å². The van der Waals surface area contributed by atoms with E-state index in [-0.39, 0.29) is 0 Å². The van der Waals surface area contributed by atoms with Crippen LogP contribution in [0.15, 0.2) is 36.4 Å². The van der Waals surface area contributed by atoms with Crippen molar-refractivity contribution in [2.75, 3.05) is 0 Å². The van der Waals surface area contributed by atoms with E-state index in [1.54, 1.807) is 0 Å². The minimum absolute atomic E-state index is 0.814. The van der Waals surface area contributed by atoms with Gasteiger partial charge in [0, 0.05) is 26.8 Å². The van der Waals surface area contributed by atoms with Gasteiger partial charge in [-0.3, -0.25) is 0 Å². The van der Waals surface area contributed by atoms with Crippen LogP contribution in [0.2, 0.25) is 5.02 Å². The number of rotatable bonds is 0. The molecule has 1 N–H and O–H groups in total. The first-order valence-electron chi connectivity index (χ1n) is 4.92. The predicted octanol–water partition coefficient (Wildman–Crippen LogP) is 4.28. The molecule has 0 fully saturated rings. The summed E-state index contributed by atoms with van der Waals surface area (Å²) in [5, 5.41) is 3.31. The van der Waals surface area contributed by atoms with E-state index in [0.717, 1.165) is 21.6 Å². The number of H-pyrrole nitrogens is 1. The molecule has 2 aromatic carbocycles. The Morgan fingerprint density at radius 2 is 1.80 bits per heavy atom. The average molecular weight is 216 g/mol. The summed E-state index contributed by atoms with van der Waals surface area (Å²) in [4.78, 5) is 3.36. The summed E-state index contributed by atoms with van der Waals surface area (Å²) in [6.07, 6.45) is 0. The van der Waals surface area contributed by atoms with Crippen molar-refractivity contribution in [3.63, 3.8) is 0 Å². The number of hydrogen-bond acceptors (Lipinski definition) is 0. The van der Waals surface area contributed by atoms with Crippen LogP contribution in [-0.4, -0.2) is 4.98 Å². The fraction of sp³-hybridized carbons (Fsp3) is 0.0769. The van der Waals surface area contributed by atoms with Crippen LogP contribution in [0, 0.1) is 6.92 Å². The second kappa shape index (κ2) is 3.01. The number of hydrogen-bond donors (Lipinski definition) is 1. The van der Waals surface area contributed by atoms with Crippen molar-refractivity contribution in [2.24, 2.45) is 0 Å². The summed E-state index contributed by atoms with van der Waals surface area (Å²) in [5.74, 6) is 0. The molecule has 74 valence electrons. The minimum atomic E-state index is 0.814. The summed E-state index contributed by atoms with van der Waals surface area (Å²) in [6, 6.07) is 12.4. The average Bonchev–Trinajstić information content (AvgIpc) is 2.57. The summed E-state index contributed by atoms with van der Waals surface area (Å²) >= 11 is 6.10. The lowest BCUT2D eigenvalue weighted by Gasteiger charge is -1.97. The molecule has 0 unspecified atom stereocenters. The van der Waals surface area contributed by atoms with Crippen LogP contribution >= 0.6 is 11.6 Å². The molecule has 0 amide bonds. The van der Waals surface area contributed by atoms with E-state index in [0.29, 0.717) is 0 Å². The van der Waals surface area contributed by atoms with Crippen molar-refractivity contribution in [1.29, 1.82) is 0 Å². The molecule has 3 aromatic rings. The van der Waals surface area contributed by atoms with Gasteiger partial charge in [0.1, 0.15) is 0 Å². The first-order chi connectivity index (χ1) is 7.25. The highest BCUT2D eigenvalue weighted by Crippen LogP contribution is 2.29. The quantitative estimate of drug-likeness (QED) is 0.576. The third kappa shape index (κ3) is 1.24. The Morgan fingerprint density at radius 1 is 1.00 bits per heavy atom. The van der Waals surface area contributed by atoms with E-state index in [1.165, 1.54) is 10.8 Å². The number of para-hydroxylation sites is 1. The third-order valence-electron chi connectivity index (χ3n) is 2.79. The molecule has 3 rings (SSSR count). The number of benzene rings is 2. The Bertz CT molecular complexity index is 652. The van der Waals surface area contributed by atoms with Gasteiger partial charge in [0.15, 0.2) is 0 Å². The third-order valence-corrected chi connectivity index (χ3v) is 3.19. The predicted molar refractivity (Wildman–Crippen MR) is 65.6 cm³/mol. The number of aromatic nitrogens is 1. The van der Waals surface area contributed by atoms with Gasteiger partial charge in [-0.1, -0.05) is 29.8 Å². The first-order valence-corrected chi connectivity index (χ1v) is 5.30. The van der Waals surface area contributed by atoms with Crippen LogP contribution < -0.4 is 0 Å². The molecule has 1 nitrogen and oxygen atoms in total. The van der Waals surface area contributed by atoms with Crippen LogP contribution in [0.5, 0.6) is 0 Å². The fourth-order valence-corrected chi connectivity index (χ4v) is 2.14. The van der Waals surface area contributed by atoms with Crippen molar-refractivity contribution in [2.45, 2.75) is 6.92 Å². The monoisotopic (exact) mass is 215 g/mol. The topological polar surface area (TPSA) is 15.8 Å². The molecule has 0 aliphatic carbocycles. The highest BCUT2D eigenvalue weighted by molar-refractivity contribution is 6.32. The van der Waals surface area contributed by atoms with Crippen LogP contribution in [0.1, 0.15) is 5.56 Å². The summed E-state index contributed by atoms with van der Waals surface area (Å²) in [5.41, 5.74) is 3.38. The van der Waals surface area contributed by atoms with Crippen molar-refractivity contribution >= 4 is 33.4 Å². The zero-order chi connectivity index (χ0) is 10.4. The molecular formula is C13H10ClN. The molecule has 15 heavy (non-hydrogen) atoms. The Morgan fingerprint density at radius 3 is 2.67 bits per heavy atom. The molecule has 0 spiro atoms. The van der Waals surface area contributed by atoms with E-state index in [1.807, 2.05) is 19.1 Å². The van der Waals surface area contributed by atoms with Crippen molar-refractivity contribution < 1.29 is 0 Å². The maximum Gasteiger partial charge on any atom is 0.0480 e. The van der Waals surface area contributed by atoms with Crippen LogP contribution in [-0.2, 0) is 0 Å². The second-order valence-corrected chi connectivity index (χ2v) is 4.22. The Hall–Kier alpha value is -1.47. The molecule has 0 saturated carbocycles. The molecule has 0 atom stereocenters. The zero-order valence-electron chi connectivity index (χ0n) is 8.34. The Labute approximate surface area is 92.7 Å². The van der Waals surface area contributed by atoms with Crippen LogP contribution in [0.25, 0.3) is 21.8 Å². The molecule has 0 aliphatic heterocycles. The Balaban J connectivity index is 2.56. The van der Waals surface area contributed by atoms with Gasteiger partial charge in [0.2, 0.25) is 0 Å². The van der Waals surface area contributed by atoms with Gasteiger partial charge in [-0.2, -0.15) is 0 Å². The summed E-state index contributed by atoms with van der Waals surface area (Å²) in [6.45, 7) is 2.03. The zero-order valence-corrected chi connectivity index (χ0v) is 9.10. The molecule has 0 saturated heterocycles. The SMILES string of the molecule is Cc1cc2c(cc1Cl)[nH]c1ccccc12. The van der Waals surface area contributed by atoms with Crippen molar-refractivity contribution in [3.05, 3.63) is 47.0 Å². The highest BCUT2D eigenvalue weighted by Gasteiger charge is 2.05. The van der Waals surface area contributed by atoms with Crippen molar-refractivity contribution in [1.82, 2.24) is 4.98 Å². The number of halogens is 1. The fourth-order valence-electron chi connectivity index (χ4n) is 1.98. The number of aromatic amines is 1. The van der Waals surface area contributed by atoms with Crippen LogP contribution in [0.4, 0.5) is 0 Å². The molecule has 1 aromatic heterocycles. The number of fused-ring (bicyclic) bond motifs is 3. The second-order valence-electron chi connectivity index (χ2n) is 3.82. The molecule has 1 heterocycles. The lowest BCUT2D eigenvalue weighted by molar-refractivity contribution is 1.48. The van der Waals surface area contributed by atoms with Gasteiger partial charge < -0.3 is 4.98 Å². The lowest BCUT2D eigenvalue weighted by atomic mass is 10.1. The normalized spacial score (nSPS) is 11.3. The van der Waals surface area contributed by atoms with E-state index in [2.05, 4.69) is 29.2 Å². The van der Waals surface area contributed by atoms with Gasteiger partial charge in [-0.05, 0) is 30.7 Å². The van der Waals surface area contributed by atoms with Gasteiger partial charge in [-0.15, -0.1) is 0 Å². The molecule has 2 heteroatoms. The first kappa shape index (κ1) is 8.81. The number of aryl methyl sites for hydroxylation is 1. The van der Waals surface area contributed by atoms with Gasteiger partial charge in [-0.25, -0.2) is 0 Å². The lowest BCUT2D eigenvalue weighted by Crippen LogP contribution is -1.75. The molecule has 0 radical (unpaired) electrons. The standard InChI is InChI=1S/C13H10ClN/c1-8-6-10-9-4-2-3-5-12(9)15-13(10)7-11(8)14/h2-7,15H,1H3. The summed E-state index contributed by atoms with van der Waals surface area (Å²) in [7, 11) is 0. The smallest absolute Gasteiger partial charge is 0.0480 e. The van der Waals surface area contributed by atoms with Gasteiger partial charge >= 0.3 is 0 Å².